The lowest BCUT2D eigenvalue weighted by atomic mass is 9.77. The summed E-state index contributed by atoms with van der Waals surface area (Å²) in [7, 11) is 2.04. The fraction of sp³-hybridized carbons (Fsp3) is 0.684. The Kier molecular flexibility index (Phi) is 6.72. The quantitative estimate of drug-likeness (QED) is 0.724. The number of benzene rings is 1. The molecule has 21 heavy (non-hydrogen) atoms. The number of likely N-dealkylation sites (N-methyl/N-ethyl adjacent to an activating group) is 1. The minimum atomic E-state index is 0.0944. The molecule has 0 amide bonds. The Morgan fingerprint density at radius 1 is 1.19 bits per heavy atom. The van der Waals surface area contributed by atoms with Crippen LogP contribution >= 0.6 is 0 Å². The largest absolute Gasteiger partial charge is 0.374 e. The summed E-state index contributed by atoms with van der Waals surface area (Å²) < 4.78 is 6.36. The van der Waals surface area contributed by atoms with Crippen molar-refractivity contribution in [2.45, 2.75) is 57.5 Å². The Morgan fingerprint density at radius 3 is 2.52 bits per heavy atom. The summed E-state index contributed by atoms with van der Waals surface area (Å²) in [6, 6.07) is 10.7. The van der Waals surface area contributed by atoms with E-state index in [-0.39, 0.29) is 5.60 Å². The van der Waals surface area contributed by atoms with E-state index in [2.05, 4.69) is 42.6 Å². The summed E-state index contributed by atoms with van der Waals surface area (Å²) in [5.74, 6) is 0.919. The summed E-state index contributed by atoms with van der Waals surface area (Å²) in [6.45, 7) is 4.19. The average molecular weight is 289 g/mol. The van der Waals surface area contributed by atoms with Crippen molar-refractivity contribution in [3.05, 3.63) is 35.9 Å². The Balaban J connectivity index is 1.75. The highest BCUT2D eigenvalue weighted by Gasteiger charge is 2.34. The minimum absolute atomic E-state index is 0.0944. The van der Waals surface area contributed by atoms with Crippen molar-refractivity contribution in [3.8, 4) is 0 Å². The lowest BCUT2D eigenvalue weighted by Gasteiger charge is -2.40. The van der Waals surface area contributed by atoms with Gasteiger partial charge in [0, 0.05) is 13.2 Å². The third-order valence-electron chi connectivity index (χ3n) is 4.95. The van der Waals surface area contributed by atoms with Gasteiger partial charge >= 0.3 is 0 Å². The highest BCUT2D eigenvalue weighted by atomic mass is 16.5. The number of hydrogen-bond acceptors (Lipinski definition) is 2. The maximum atomic E-state index is 6.36. The molecule has 2 rings (SSSR count). The van der Waals surface area contributed by atoms with E-state index >= 15 is 0 Å². The molecule has 1 saturated carbocycles. The van der Waals surface area contributed by atoms with Crippen molar-refractivity contribution in [1.29, 1.82) is 0 Å². The number of hydrogen-bond donors (Lipinski definition) is 1. The minimum Gasteiger partial charge on any atom is -0.374 e. The third-order valence-corrected chi connectivity index (χ3v) is 4.95. The van der Waals surface area contributed by atoms with Gasteiger partial charge in [-0.15, -0.1) is 0 Å². The molecule has 0 heterocycles. The van der Waals surface area contributed by atoms with Crippen LogP contribution in [0.15, 0.2) is 30.3 Å². The first kappa shape index (κ1) is 16.5. The van der Waals surface area contributed by atoms with Crippen LogP contribution in [0.4, 0.5) is 0 Å². The molecule has 1 N–H and O–H groups in total. The maximum absolute atomic E-state index is 6.36. The number of aryl methyl sites for hydroxylation is 1. The number of rotatable bonds is 8. The zero-order valence-electron chi connectivity index (χ0n) is 13.7. The van der Waals surface area contributed by atoms with Crippen molar-refractivity contribution in [2.24, 2.45) is 5.92 Å². The lowest BCUT2D eigenvalue weighted by molar-refractivity contribution is -0.0762. The molecule has 0 bridgehead atoms. The lowest BCUT2D eigenvalue weighted by Crippen LogP contribution is -2.45. The van der Waals surface area contributed by atoms with Crippen molar-refractivity contribution in [1.82, 2.24) is 5.32 Å². The molecule has 118 valence electrons. The molecular formula is C19H31NO. The SMILES string of the molecule is CCC1CCC(CNC)(OCCCc2ccccc2)CC1. The van der Waals surface area contributed by atoms with Gasteiger partial charge in [-0.3, -0.25) is 0 Å². The summed E-state index contributed by atoms with van der Waals surface area (Å²) in [5.41, 5.74) is 1.51. The van der Waals surface area contributed by atoms with Crippen LogP contribution in [0.25, 0.3) is 0 Å². The molecule has 0 spiro atoms. The fourth-order valence-corrected chi connectivity index (χ4v) is 3.52. The van der Waals surface area contributed by atoms with Gasteiger partial charge in [0.1, 0.15) is 0 Å². The van der Waals surface area contributed by atoms with E-state index in [4.69, 9.17) is 4.74 Å². The summed E-state index contributed by atoms with van der Waals surface area (Å²) in [4.78, 5) is 0. The molecule has 2 heteroatoms. The number of nitrogens with one attached hydrogen (secondary N) is 1. The normalized spacial score (nSPS) is 25.9. The molecule has 0 aromatic heterocycles. The first-order valence-electron chi connectivity index (χ1n) is 8.60. The van der Waals surface area contributed by atoms with E-state index in [9.17, 15) is 0 Å². The Bertz CT molecular complexity index is 382. The van der Waals surface area contributed by atoms with Gasteiger partial charge in [0.15, 0.2) is 0 Å². The van der Waals surface area contributed by atoms with Gasteiger partial charge in [0.25, 0.3) is 0 Å². The van der Waals surface area contributed by atoms with Gasteiger partial charge in [-0.25, -0.2) is 0 Å². The van der Waals surface area contributed by atoms with Crippen LogP contribution in [0.2, 0.25) is 0 Å². The Hall–Kier alpha value is -0.860. The first-order chi connectivity index (χ1) is 10.3. The molecule has 0 saturated heterocycles. The fourth-order valence-electron chi connectivity index (χ4n) is 3.52. The van der Waals surface area contributed by atoms with Gasteiger partial charge in [-0.05, 0) is 57.1 Å². The van der Waals surface area contributed by atoms with Crippen molar-refractivity contribution in [3.63, 3.8) is 0 Å². The van der Waals surface area contributed by atoms with E-state index in [0.29, 0.717) is 0 Å². The molecule has 0 aliphatic heterocycles. The van der Waals surface area contributed by atoms with Crippen molar-refractivity contribution in [2.75, 3.05) is 20.2 Å². The molecule has 1 aliphatic rings. The molecule has 0 atom stereocenters. The molecule has 2 nitrogen and oxygen atoms in total. The van der Waals surface area contributed by atoms with E-state index in [1.807, 2.05) is 7.05 Å². The second-order valence-corrected chi connectivity index (χ2v) is 6.50. The van der Waals surface area contributed by atoms with Gasteiger partial charge < -0.3 is 10.1 Å². The maximum Gasteiger partial charge on any atom is 0.0806 e. The van der Waals surface area contributed by atoms with Crippen LogP contribution in [0.3, 0.4) is 0 Å². The topological polar surface area (TPSA) is 21.3 Å². The van der Waals surface area contributed by atoms with Crippen LogP contribution in [0, 0.1) is 5.92 Å². The summed E-state index contributed by atoms with van der Waals surface area (Å²) >= 11 is 0. The van der Waals surface area contributed by atoms with Crippen LogP contribution in [-0.2, 0) is 11.2 Å². The van der Waals surface area contributed by atoms with Crippen LogP contribution < -0.4 is 5.32 Å². The Labute approximate surface area is 130 Å². The molecule has 1 aliphatic carbocycles. The predicted octanol–water partition coefficient (Wildman–Crippen LogP) is 4.19. The molecular weight excluding hydrogens is 258 g/mol. The van der Waals surface area contributed by atoms with Crippen molar-refractivity contribution < 1.29 is 4.74 Å². The molecule has 1 fully saturated rings. The van der Waals surface area contributed by atoms with Crippen molar-refractivity contribution >= 4 is 0 Å². The molecule has 1 aromatic rings. The standard InChI is InChI=1S/C19H31NO/c1-3-17-11-13-19(14-12-17,16-20-2)21-15-7-10-18-8-5-4-6-9-18/h4-6,8-9,17,20H,3,7,10-16H2,1-2H3. The third kappa shape index (κ3) is 5.12. The van der Waals surface area contributed by atoms with Crippen LogP contribution in [0.1, 0.15) is 51.0 Å². The smallest absolute Gasteiger partial charge is 0.0806 e. The average Bonchev–Trinajstić information content (AvgIpc) is 2.54. The summed E-state index contributed by atoms with van der Waals surface area (Å²) in [5, 5.41) is 3.34. The van der Waals surface area contributed by atoms with E-state index in [1.165, 1.54) is 37.7 Å². The predicted molar refractivity (Wildman–Crippen MR) is 89.6 cm³/mol. The zero-order valence-corrected chi connectivity index (χ0v) is 13.7. The molecule has 0 unspecified atom stereocenters. The first-order valence-corrected chi connectivity index (χ1v) is 8.60. The highest BCUT2D eigenvalue weighted by Crippen LogP contribution is 2.36. The van der Waals surface area contributed by atoms with Crippen LogP contribution in [0.5, 0.6) is 0 Å². The summed E-state index contributed by atoms with van der Waals surface area (Å²) in [6.07, 6.45) is 8.66. The van der Waals surface area contributed by atoms with Gasteiger partial charge in [0.05, 0.1) is 5.60 Å². The second kappa shape index (κ2) is 8.55. The van der Waals surface area contributed by atoms with Gasteiger partial charge in [-0.1, -0.05) is 43.7 Å². The van der Waals surface area contributed by atoms with Gasteiger partial charge in [-0.2, -0.15) is 0 Å². The molecule has 1 aromatic carbocycles. The number of ether oxygens (including phenoxy) is 1. The zero-order chi connectivity index (χ0) is 15.0. The van der Waals surface area contributed by atoms with Crippen LogP contribution in [-0.4, -0.2) is 25.8 Å². The second-order valence-electron chi connectivity index (χ2n) is 6.50. The monoisotopic (exact) mass is 289 g/mol. The van der Waals surface area contributed by atoms with E-state index in [0.717, 1.165) is 31.9 Å². The van der Waals surface area contributed by atoms with Gasteiger partial charge in [0.2, 0.25) is 0 Å². The van der Waals surface area contributed by atoms with E-state index in [1.54, 1.807) is 0 Å². The van der Waals surface area contributed by atoms with E-state index < -0.39 is 0 Å². The highest BCUT2D eigenvalue weighted by molar-refractivity contribution is 5.14. The molecule has 0 radical (unpaired) electrons. The Morgan fingerprint density at radius 2 is 1.90 bits per heavy atom.